The van der Waals surface area contributed by atoms with Crippen molar-refractivity contribution in [1.29, 1.82) is 0 Å². The minimum absolute atomic E-state index is 0.106. The number of carbonyl (C=O) groups excluding carboxylic acids is 1. The summed E-state index contributed by atoms with van der Waals surface area (Å²) in [4.78, 5) is 16.9. The number of nitrogens with zero attached hydrogens (tertiary/aromatic N) is 3. The molecular formula is C18H22ClN3O4S. The smallest absolute Gasteiger partial charge is 0.255 e. The lowest BCUT2D eigenvalue weighted by atomic mass is 10.2. The Morgan fingerprint density at radius 3 is 2.63 bits per heavy atom. The normalized spacial score (nSPS) is 16.3. The maximum absolute atomic E-state index is 12.8. The zero-order chi connectivity index (χ0) is 19.6. The summed E-state index contributed by atoms with van der Waals surface area (Å²) in [7, 11) is -3.36. The van der Waals surface area contributed by atoms with Crippen LogP contribution in [0.1, 0.15) is 28.2 Å². The molecule has 7 nitrogen and oxygen atoms in total. The van der Waals surface area contributed by atoms with Gasteiger partial charge in [0.1, 0.15) is 5.76 Å². The summed E-state index contributed by atoms with van der Waals surface area (Å²) in [5.41, 5.74) is 1.20. The fourth-order valence-corrected chi connectivity index (χ4v) is 4.10. The molecule has 9 heteroatoms. The van der Waals surface area contributed by atoms with E-state index in [1.807, 2.05) is 13.0 Å². The van der Waals surface area contributed by atoms with Crippen molar-refractivity contribution in [3.05, 3.63) is 46.3 Å². The van der Waals surface area contributed by atoms with Gasteiger partial charge in [0.15, 0.2) is 9.84 Å². The topological polar surface area (TPSA) is 83.7 Å². The van der Waals surface area contributed by atoms with Crippen LogP contribution in [0.5, 0.6) is 0 Å². The molecule has 0 saturated carbocycles. The van der Waals surface area contributed by atoms with Gasteiger partial charge in [-0.2, -0.15) is 0 Å². The highest BCUT2D eigenvalue weighted by atomic mass is 35.5. The van der Waals surface area contributed by atoms with Crippen LogP contribution < -0.4 is 0 Å². The molecule has 1 fully saturated rings. The second-order valence-corrected chi connectivity index (χ2v) is 9.19. The highest BCUT2D eigenvalue weighted by molar-refractivity contribution is 7.90. The van der Waals surface area contributed by atoms with Gasteiger partial charge >= 0.3 is 0 Å². The number of halogens is 1. The Balaban J connectivity index is 1.67. The van der Waals surface area contributed by atoms with Crippen LogP contribution in [0.4, 0.5) is 0 Å². The molecule has 2 aromatic rings. The third kappa shape index (κ3) is 4.88. The predicted molar refractivity (Wildman–Crippen MR) is 102 cm³/mol. The maximum atomic E-state index is 12.8. The van der Waals surface area contributed by atoms with Crippen LogP contribution in [0.3, 0.4) is 0 Å². The molecule has 1 aliphatic heterocycles. The molecule has 146 valence electrons. The summed E-state index contributed by atoms with van der Waals surface area (Å²) < 4.78 is 28.4. The van der Waals surface area contributed by atoms with Crippen LogP contribution in [-0.2, 0) is 16.4 Å². The first-order valence-electron chi connectivity index (χ1n) is 8.67. The molecular weight excluding hydrogens is 390 g/mol. The first-order valence-corrected chi connectivity index (χ1v) is 10.9. The fraction of sp³-hybridized carbons (Fsp3) is 0.444. The second kappa shape index (κ2) is 8.00. The Bertz CT molecular complexity index is 942. The number of hydrogen-bond acceptors (Lipinski definition) is 6. The first kappa shape index (κ1) is 19.9. The number of aromatic nitrogens is 1. The number of hydrogen-bond donors (Lipinski definition) is 0. The fourth-order valence-electron chi connectivity index (χ4n) is 3.12. The van der Waals surface area contributed by atoms with E-state index in [1.54, 1.807) is 4.90 Å². The van der Waals surface area contributed by atoms with Crippen LogP contribution in [0.15, 0.2) is 33.7 Å². The molecule has 2 heterocycles. The third-order valence-corrected chi connectivity index (χ3v) is 5.96. The molecule has 0 N–H and O–H groups in total. The first-order chi connectivity index (χ1) is 12.7. The van der Waals surface area contributed by atoms with Gasteiger partial charge in [-0.1, -0.05) is 16.8 Å². The SMILES string of the molecule is Cc1cc(CN2CCCN(C(=O)c3ccc(S(C)(=O)=O)cc3Cl)CC2)no1. The second-order valence-electron chi connectivity index (χ2n) is 6.76. The highest BCUT2D eigenvalue weighted by Gasteiger charge is 2.23. The molecule has 0 bridgehead atoms. The van der Waals surface area contributed by atoms with E-state index < -0.39 is 9.84 Å². The van der Waals surface area contributed by atoms with Crippen molar-refractivity contribution in [3.8, 4) is 0 Å². The summed E-state index contributed by atoms with van der Waals surface area (Å²) in [5, 5.41) is 4.17. The average Bonchev–Trinajstić information content (AvgIpc) is 2.86. The lowest BCUT2D eigenvalue weighted by molar-refractivity contribution is 0.0761. The Labute approximate surface area is 163 Å². The van der Waals surface area contributed by atoms with E-state index in [9.17, 15) is 13.2 Å². The van der Waals surface area contributed by atoms with Gasteiger partial charge in [0.05, 0.1) is 21.2 Å². The zero-order valence-electron chi connectivity index (χ0n) is 15.3. The summed E-state index contributed by atoms with van der Waals surface area (Å²) in [6.07, 6.45) is 1.95. The lowest BCUT2D eigenvalue weighted by Crippen LogP contribution is -2.35. The standard InChI is InChI=1S/C18H22ClN3O4S/c1-13-10-14(20-26-13)12-21-6-3-7-22(9-8-21)18(23)16-5-4-15(11-17(16)19)27(2,24)25/h4-5,10-11H,3,6-9,12H2,1-2H3. The molecule has 3 rings (SSSR count). The van der Waals surface area contributed by atoms with Crippen molar-refractivity contribution in [2.75, 3.05) is 32.4 Å². The molecule has 0 aliphatic carbocycles. The van der Waals surface area contributed by atoms with E-state index >= 15 is 0 Å². The van der Waals surface area contributed by atoms with E-state index in [0.717, 1.165) is 37.2 Å². The van der Waals surface area contributed by atoms with E-state index in [2.05, 4.69) is 10.1 Å². The summed E-state index contributed by atoms with van der Waals surface area (Å²) in [6, 6.07) is 6.16. The Hall–Kier alpha value is -1.90. The van der Waals surface area contributed by atoms with Gasteiger partial charge in [-0.15, -0.1) is 0 Å². The van der Waals surface area contributed by atoms with Crippen LogP contribution in [0, 0.1) is 6.92 Å². The van der Waals surface area contributed by atoms with Crippen molar-refractivity contribution >= 4 is 27.3 Å². The van der Waals surface area contributed by atoms with Crippen LogP contribution in [-0.4, -0.2) is 61.7 Å². The van der Waals surface area contributed by atoms with Crippen molar-refractivity contribution < 1.29 is 17.7 Å². The molecule has 0 spiro atoms. The van der Waals surface area contributed by atoms with Gasteiger partial charge in [0.25, 0.3) is 5.91 Å². The Kier molecular flexibility index (Phi) is 5.88. The third-order valence-electron chi connectivity index (χ3n) is 4.54. The van der Waals surface area contributed by atoms with Crippen molar-refractivity contribution in [3.63, 3.8) is 0 Å². The van der Waals surface area contributed by atoms with Gasteiger partial charge in [-0.05, 0) is 31.5 Å². The minimum atomic E-state index is -3.36. The largest absolute Gasteiger partial charge is 0.361 e. The average molecular weight is 412 g/mol. The van der Waals surface area contributed by atoms with Gasteiger partial charge < -0.3 is 9.42 Å². The molecule has 0 unspecified atom stereocenters. The summed E-state index contributed by atoms with van der Waals surface area (Å²) in [5.74, 6) is 0.600. The Morgan fingerprint density at radius 1 is 1.22 bits per heavy atom. The summed E-state index contributed by atoms with van der Waals surface area (Å²) in [6.45, 7) is 5.31. The van der Waals surface area contributed by atoms with Crippen LogP contribution in [0.25, 0.3) is 0 Å². The van der Waals surface area contributed by atoms with Crippen molar-refractivity contribution in [2.24, 2.45) is 0 Å². The molecule has 1 aromatic carbocycles. The molecule has 0 radical (unpaired) electrons. The van der Waals surface area contributed by atoms with Crippen LogP contribution in [0.2, 0.25) is 5.02 Å². The monoisotopic (exact) mass is 411 g/mol. The van der Waals surface area contributed by atoms with E-state index in [4.69, 9.17) is 16.1 Å². The molecule has 1 saturated heterocycles. The summed E-state index contributed by atoms with van der Waals surface area (Å²) >= 11 is 6.19. The number of rotatable bonds is 4. The maximum Gasteiger partial charge on any atom is 0.255 e. The number of sulfone groups is 1. The predicted octanol–water partition coefficient (Wildman–Crippen LogP) is 2.39. The van der Waals surface area contributed by atoms with E-state index in [1.165, 1.54) is 18.2 Å². The van der Waals surface area contributed by atoms with Crippen molar-refractivity contribution in [1.82, 2.24) is 15.0 Å². The minimum Gasteiger partial charge on any atom is -0.361 e. The van der Waals surface area contributed by atoms with Gasteiger partial charge in [-0.3, -0.25) is 9.69 Å². The number of benzene rings is 1. The van der Waals surface area contributed by atoms with Crippen molar-refractivity contribution in [2.45, 2.75) is 24.8 Å². The zero-order valence-corrected chi connectivity index (χ0v) is 16.9. The van der Waals surface area contributed by atoms with Gasteiger partial charge in [0.2, 0.25) is 0 Å². The Morgan fingerprint density at radius 2 is 2.00 bits per heavy atom. The van der Waals surface area contributed by atoms with Gasteiger partial charge in [0, 0.05) is 45.0 Å². The van der Waals surface area contributed by atoms with Crippen LogP contribution >= 0.6 is 11.6 Å². The number of carbonyl (C=O) groups is 1. The molecule has 1 amide bonds. The van der Waals surface area contributed by atoms with Gasteiger partial charge in [-0.25, -0.2) is 8.42 Å². The molecule has 1 aliphatic rings. The number of amides is 1. The molecule has 0 atom stereocenters. The lowest BCUT2D eigenvalue weighted by Gasteiger charge is -2.22. The van der Waals surface area contributed by atoms with E-state index in [-0.39, 0.29) is 15.8 Å². The molecule has 1 aromatic heterocycles. The highest BCUT2D eigenvalue weighted by Crippen LogP contribution is 2.23. The quantitative estimate of drug-likeness (QED) is 0.768. The number of aryl methyl sites for hydroxylation is 1. The molecule has 27 heavy (non-hydrogen) atoms. The van der Waals surface area contributed by atoms with E-state index in [0.29, 0.717) is 25.2 Å².